The first-order chi connectivity index (χ1) is 13.4. The van der Waals surface area contributed by atoms with Crippen molar-refractivity contribution in [3.8, 4) is 22.9 Å². The monoisotopic (exact) mass is 393 g/mol. The normalized spacial score (nSPS) is 15.4. The number of phenolic OH excluding ortho intramolecular Hbond substituents is 1. The van der Waals surface area contributed by atoms with Crippen molar-refractivity contribution in [3.05, 3.63) is 60.2 Å². The van der Waals surface area contributed by atoms with Gasteiger partial charge in [0.25, 0.3) is 5.91 Å². The van der Waals surface area contributed by atoms with E-state index in [0.29, 0.717) is 11.8 Å². The van der Waals surface area contributed by atoms with E-state index in [9.17, 15) is 18.3 Å². The van der Waals surface area contributed by atoms with E-state index in [4.69, 9.17) is 5.26 Å². The van der Waals surface area contributed by atoms with Crippen LogP contribution < -0.4 is 9.03 Å². The molecule has 3 aromatic carbocycles. The summed E-state index contributed by atoms with van der Waals surface area (Å²) in [5.74, 6) is -0.876. The van der Waals surface area contributed by atoms with E-state index in [1.165, 1.54) is 6.07 Å². The van der Waals surface area contributed by atoms with Gasteiger partial charge in [0.05, 0.1) is 18.2 Å². The van der Waals surface area contributed by atoms with Gasteiger partial charge in [-0.3, -0.25) is 4.79 Å². The van der Waals surface area contributed by atoms with Crippen molar-refractivity contribution in [2.45, 2.75) is 6.42 Å². The zero-order chi connectivity index (χ0) is 19.9. The number of nitrogens with one attached hydrogen (secondary N) is 1. The summed E-state index contributed by atoms with van der Waals surface area (Å²) in [6.45, 7) is -0.378. The van der Waals surface area contributed by atoms with Gasteiger partial charge in [0, 0.05) is 0 Å². The maximum atomic E-state index is 12.1. The lowest BCUT2D eigenvalue weighted by Gasteiger charge is -2.17. The molecule has 1 aliphatic heterocycles. The van der Waals surface area contributed by atoms with Crippen LogP contribution in [0.1, 0.15) is 5.56 Å². The van der Waals surface area contributed by atoms with E-state index in [2.05, 4.69) is 6.07 Å². The van der Waals surface area contributed by atoms with E-state index in [0.717, 1.165) is 26.4 Å². The Hall–Kier alpha value is -3.57. The van der Waals surface area contributed by atoms with Gasteiger partial charge in [-0.05, 0) is 45.7 Å². The van der Waals surface area contributed by atoms with Crippen LogP contribution in [0.15, 0.2) is 54.6 Å². The zero-order valence-electron chi connectivity index (χ0n) is 14.6. The van der Waals surface area contributed by atoms with Crippen molar-refractivity contribution in [1.82, 2.24) is 4.72 Å². The molecule has 1 amide bonds. The average molecular weight is 393 g/mol. The second kappa shape index (κ2) is 6.55. The van der Waals surface area contributed by atoms with Crippen LogP contribution >= 0.6 is 0 Å². The third-order valence-corrected chi connectivity index (χ3v) is 5.96. The first-order valence-corrected chi connectivity index (χ1v) is 9.88. The highest BCUT2D eigenvalue weighted by molar-refractivity contribution is 7.92. The Bertz CT molecular complexity index is 1260. The Balaban J connectivity index is 1.82. The first kappa shape index (κ1) is 17.8. The number of nitrogens with zero attached hydrogens (tertiary/aromatic N) is 2. The molecule has 0 aliphatic carbocycles. The number of phenols is 1. The van der Waals surface area contributed by atoms with Crippen molar-refractivity contribution in [1.29, 1.82) is 5.26 Å². The van der Waals surface area contributed by atoms with Gasteiger partial charge in [-0.2, -0.15) is 13.7 Å². The molecule has 0 bridgehead atoms. The van der Waals surface area contributed by atoms with Gasteiger partial charge >= 0.3 is 10.2 Å². The molecule has 0 atom stereocenters. The van der Waals surface area contributed by atoms with Crippen molar-refractivity contribution in [3.63, 3.8) is 0 Å². The quantitative estimate of drug-likeness (QED) is 0.710. The molecule has 1 saturated heterocycles. The summed E-state index contributed by atoms with van der Waals surface area (Å²) in [5.41, 5.74) is 2.76. The van der Waals surface area contributed by atoms with E-state index >= 15 is 0 Å². The fourth-order valence-electron chi connectivity index (χ4n) is 3.27. The number of hydrogen-bond acceptors (Lipinski definition) is 5. The van der Waals surface area contributed by atoms with Crippen molar-refractivity contribution >= 4 is 32.6 Å². The lowest BCUT2D eigenvalue weighted by molar-refractivity contribution is -0.117. The van der Waals surface area contributed by atoms with E-state index in [1.54, 1.807) is 6.07 Å². The molecule has 0 unspecified atom stereocenters. The summed E-state index contributed by atoms with van der Waals surface area (Å²) in [6.07, 6.45) is 0.313. The van der Waals surface area contributed by atoms with Gasteiger partial charge < -0.3 is 5.11 Å². The number of hydrogen-bond donors (Lipinski definition) is 2. The number of carbonyl (C=O) groups is 1. The smallest absolute Gasteiger partial charge is 0.326 e. The fraction of sp³-hybridized carbons (Fsp3) is 0.100. The second-order valence-electron chi connectivity index (χ2n) is 6.48. The highest BCUT2D eigenvalue weighted by Crippen LogP contribution is 2.36. The number of benzene rings is 3. The number of fused-ring (bicyclic) bond motifs is 1. The third kappa shape index (κ3) is 3.12. The Kier molecular flexibility index (Phi) is 4.17. The fourth-order valence-corrected chi connectivity index (χ4v) is 4.42. The summed E-state index contributed by atoms with van der Waals surface area (Å²) < 4.78 is 27.0. The van der Waals surface area contributed by atoms with Gasteiger partial charge in [0.1, 0.15) is 12.3 Å². The van der Waals surface area contributed by atoms with Gasteiger partial charge in [0.15, 0.2) is 0 Å². The van der Waals surface area contributed by atoms with Crippen molar-refractivity contribution in [2.24, 2.45) is 0 Å². The average Bonchev–Trinajstić information content (AvgIpc) is 2.93. The highest BCUT2D eigenvalue weighted by atomic mass is 32.2. The molecule has 3 aromatic rings. The minimum absolute atomic E-state index is 0.0428. The maximum absolute atomic E-state index is 12.1. The van der Waals surface area contributed by atoms with E-state index in [-0.39, 0.29) is 18.0 Å². The lowest BCUT2D eigenvalue weighted by atomic mass is 9.98. The van der Waals surface area contributed by atoms with E-state index < -0.39 is 16.1 Å². The number of anilines is 1. The summed E-state index contributed by atoms with van der Waals surface area (Å²) in [5, 5.41) is 20.6. The van der Waals surface area contributed by atoms with E-state index in [1.807, 2.05) is 47.2 Å². The predicted molar refractivity (Wildman–Crippen MR) is 105 cm³/mol. The molecule has 28 heavy (non-hydrogen) atoms. The molecular formula is C20H15N3O4S. The topological polar surface area (TPSA) is 110 Å². The minimum atomic E-state index is -4.01. The summed E-state index contributed by atoms with van der Waals surface area (Å²) in [6, 6.07) is 18.4. The maximum Gasteiger partial charge on any atom is 0.326 e. The standard InChI is InChI=1S/C20H15N3O4S/c21-7-6-13-2-1-3-14(8-13)15-4-5-16-11-19(24)18(10-17(16)9-15)23-12-20(25)22-28(23,26)27/h1-5,8-11,24H,6,12H2,(H,22,25). The second-order valence-corrected chi connectivity index (χ2v) is 8.07. The van der Waals surface area contributed by atoms with Crippen LogP contribution in [0, 0.1) is 11.3 Å². The molecule has 0 saturated carbocycles. The van der Waals surface area contributed by atoms with Crippen LogP contribution in [-0.4, -0.2) is 26.0 Å². The number of amides is 1. The zero-order valence-corrected chi connectivity index (χ0v) is 15.4. The first-order valence-electron chi connectivity index (χ1n) is 8.44. The van der Waals surface area contributed by atoms with Gasteiger partial charge in [-0.15, -0.1) is 0 Å². The van der Waals surface area contributed by atoms with Gasteiger partial charge in [-0.1, -0.05) is 36.4 Å². The molecule has 0 spiro atoms. The number of carbonyl (C=O) groups excluding carboxylic acids is 1. The molecule has 140 valence electrons. The van der Waals surface area contributed by atoms with Gasteiger partial charge in [0.2, 0.25) is 0 Å². The largest absolute Gasteiger partial charge is 0.506 e. The molecule has 7 nitrogen and oxygen atoms in total. The van der Waals surface area contributed by atoms with Crippen LogP contribution in [-0.2, 0) is 21.4 Å². The van der Waals surface area contributed by atoms with Crippen molar-refractivity contribution in [2.75, 3.05) is 10.8 Å². The third-order valence-electron chi connectivity index (χ3n) is 4.57. The number of aromatic hydroxyl groups is 1. The summed E-state index contributed by atoms with van der Waals surface area (Å²) >= 11 is 0. The molecule has 1 aliphatic rings. The predicted octanol–water partition coefficient (Wildman–Crippen LogP) is 2.46. The molecule has 0 radical (unpaired) electrons. The van der Waals surface area contributed by atoms with Crippen LogP contribution in [0.2, 0.25) is 0 Å². The van der Waals surface area contributed by atoms with Crippen LogP contribution in [0.25, 0.3) is 21.9 Å². The molecule has 1 heterocycles. The summed E-state index contributed by atoms with van der Waals surface area (Å²) in [7, 11) is -4.01. The van der Waals surface area contributed by atoms with Gasteiger partial charge in [-0.25, -0.2) is 9.03 Å². The highest BCUT2D eigenvalue weighted by Gasteiger charge is 2.35. The molecule has 0 aromatic heterocycles. The Morgan fingerprint density at radius 2 is 1.86 bits per heavy atom. The molecular weight excluding hydrogens is 378 g/mol. The summed E-state index contributed by atoms with van der Waals surface area (Å²) in [4.78, 5) is 11.5. The van der Waals surface area contributed by atoms with Crippen molar-refractivity contribution < 1.29 is 18.3 Å². The van der Waals surface area contributed by atoms with Crippen LogP contribution in [0.5, 0.6) is 5.75 Å². The van der Waals surface area contributed by atoms with Crippen LogP contribution in [0.4, 0.5) is 5.69 Å². The molecule has 2 N–H and O–H groups in total. The Morgan fingerprint density at radius 1 is 1.07 bits per heavy atom. The number of nitriles is 1. The Labute approximate surface area is 161 Å². The van der Waals surface area contributed by atoms with Crippen LogP contribution in [0.3, 0.4) is 0 Å². The number of rotatable bonds is 3. The Morgan fingerprint density at radius 3 is 2.57 bits per heavy atom. The minimum Gasteiger partial charge on any atom is -0.506 e. The molecule has 1 fully saturated rings. The molecule has 4 rings (SSSR count). The molecule has 8 heteroatoms. The lowest BCUT2D eigenvalue weighted by Crippen LogP contribution is -2.29. The SMILES string of the molecule is N#CCc1cccc(-c2ccc3cc(O)c(N4CC(=O)NS4(=O)=O)cc3c2)c1.